The number of hydrogen-bond donors (Lipinski definition) is 2. The van der Waals surface area contributed by atoms with E-state index in [2.05, 4.69) is 15.6 Å². The Bertz CT molecular complexity index is 850. The molecular formula is C20H23FN4O4. The van der Waals surface area contributed by atoms with Crippen LogP contribution in [0.1, 0.15) is 32.6 Å². The number of benzene rings is 1. The number of halogens is 1. The SMILES string of the molecule is CC[C@@H]1CCCCN1C(=O)OOc1cc(F)cc(NC(=O)Nc2cccnc2)c1. The van der Waals surface area contributed by atoms with Gasteiger partial charge in [0, 0.05) is 36.6 Å². The number of carbonyl (C=O) groups excluding carboxylic acids is 2. The Labute approximate surface area is 167 Å². The first-order valence-corrected chi connectivity index (χ1v) is 9.49. The monoisotopic (exact) mass is 402 g/mol. The van der Waals surface area contributed by atoms with Crippen molar-refractivity contribution in [3.05, 3.63) is 48.5 Å². The van der Waals surface area contributed by atoms with Crippen LogP contribution in [0.4, 0.5) is 25.4 Å². The van der Waals surface area contributed by atoms with Crippen LogP contribution in [-0.2, 0) is 4.89 Å². The molecule has 1 aliphatic heterocycles. The van der Waals surface area contributed by atoms with E-state index in [1.807, 2.05) is 6.92 Å². The minimum atomic E-state index is -0.653. The standard InChI is InChI=1S/C20H23FN4O4/c1-2-17-7-3-4-9-25(17)20(27)29-28-18-11-14(21)10-16(12-18)24-19(26)23-15-6-5-8-22-13-15/h5-6,8,10-13,17H,2-4,7,9H2,1H3,(H2,23,24,26)/t17-/m1/s1. The van der Waals surface area contributed by atoms with Crippen LogP contribution in [0, 0.1) is 5.82 Å². The van der Waals surface area contributed by atoms with Crippen LogP contribution in [0.25, 0.3) is 0 Å². The van der Waals surface area contributed by atoms with Gasteiger partial charge in [0.1, 0.15) is 5.82 Å². The third-order valence-electron chi connectivity index (χ3n) is 4.59. The Kier molecular flexibility index (Phi) is 6.83. The van der Waals surface area contributed by atoms with Gasteiger partial charge in [-0.15, -0.1) is 0 Å². The molecule has 154 valence electrons. The molecule has 0 unspecified atom stereocenters. The number of amides is 3. The van der Waals surface area contributed by atoms with Crippen molar-refractivity contribution in [1.29, 1.82) is 0 Å². The van der Waals surface area contributed by atoms with Gasteiger partial charge in [-0.3, -0.25) is 9.87 Å². The van der Waals surface area contributed by atoms with Crippen LogP contribution in [0.2, 0.25) is 0 Å². The van der Waals surface area contributed by atoms with Crippen molar-refractivity contribution in [3.8, 4) is 5.75 Å². The van der Waals surface area contributed by atoms with Crippen LogP contribution in [0.5, 0.6) is 5.75 Å². The average molecular weight is 402 g/mol. The summed E-state index contributed by atoms with van der Waals surface area (Å²) in [5.41, 5.74) is 0.626. The fraction of sp³-hybridized carbons (Fsp3) is 0.350. The van der Waals surface area contributed by atoms with Gasteiger partial charge in [-0.05, 0) is 43.9 Å². The van der Waals surface area contributed by atoms with Crippen molar-refractivity contribution in [3.63, 3.8) is 0 Å². The minimum Gasteiger partial charge on any atom is -0.307 e. The Hall–Kier alpha value is -3.36. The first-order chi connectivity index (χ1) is 14.0. The summed E-state index contributed by atoms with van der Waals surface area (Å²) in [6.45, 7) is 2.61. The Morgan fingerprint density at radius 2 is 2.07 bits per heavy atom. The largest absolute Gasteiger partial charge is 0.453 e. The van der Waals surface area contributed by atoms with Crippen molar-refractivity contribution in [1.82, 2.24) is 9.88 Å². The van der Waals surface area contributed by atoms with E-state index in [9.17, 15) is 14.0 Å². The molecule has 2 aromatic rings. The third kappa shape index (κ3) is 5.81. The van der Waals surface area contributed by atoms with Crippen molar-refractivity contribution in [2.75, 3.05) is 17.2 Å². The fourth-order valence-electron chi connectivity index (χ4n) is 3.21. The second-order valence-corrected chi connectivity index (χ2v) is 6.68. The number of rotatable bonds is 5. The van der Waals surface area contributed by atoms with E-state index in [-0.39, 0.29) is 17.5 Å². The molecule has 2 heterocycles. The lowest BCUT2D eigenvalue weighted by Crippen LogP contribution is -2.44. The summed E-state index contributed by atoms with van der Waals surface area (Å²) in [6, 6.07) is 6.40. The van der Waals surface area contributed by atoms with Crippen LogP contribution < -0.4 is 15.5 Å². The number of urea groups is 1. The molecule has 0 spiro atoms. The predicted molar refractivity (Wildman–Crippen MR) is 105 cm³/mol. The fourth-order valence-corrected chi connectivity index (χ4v) is 3.21. The molecule has 3 rings (SSSR count). The summed E-state index contributed by atoms with van der Waals surface area (Å²) in [6.07, 6.45) is 6.18. The maximum Gasteiger partial charge on any atom is 0.453 e. The van der Waals surface area contributed by atoms with Gasteiger partial charge in [0.15, 0.2) is 5.75 Å². The lowest BCUT2D eigenvalue weighted by Gasteiger charge is -2.33. The number of nitrogens with one attached hydrogen (secondary N) is 2. The number of carbonyl (C=O) groups is 2. The highest BCUT2D eigenvalue weighted by Gasteiger charge is 2.27. The molecule has 9 heteroatoms. The molecule has 1 aromatic heterocycles. The molecule has 29 heavy (non-hydrogen) atoms. The molecule has 0 saturated carbocycles. The molecule has 2 N–H and O–H groups in total. The van der Waals surface area contributed by atoms with Crippen LogP contribution in [0.3, 0.4) is 0 Å². The summed E-state index contributed by atoms with van der Waals surface area (Å²) < 4.78 is 13.9. The van der Waals surface area contributed by atoms with Gasteiger partial charge in [0.25, 0.3) is 0 Å². The molecule has 8 nitrogen and oxygen atoms in total. The predicted octanol–water partition coefficient (Wildman–Crippen LogP) is 4.56. The molecule has 0 bridgehead atoms. The normalized spacial score (nSPS) is 16.1. The molecule has 0 radical (unpaired) electrons. The van der Waals surface area contributed by atoms with Gasteiger partial charge in [-0.25, -0.2) is 18.9 Å². The molecule has 0 aliphatic carbocycles. The zero-order chi connectivity index (χ0) is 20.6. The summed E-state index contributed by atoms with van der Waals surface area (Å²) in [5.74, 6) is -0.695. The van der Waals surface area contributed by atoms with Gasteiger partial charge in [-0.2, -0.15) is 0 Å². The summed E-state index contributed by atoms with van der Waals surface area (Å²) >= 11 is 0. The van der Waals surface area contributed by atoms with Crippen molar-refractivity contribution >= 4 is 23.5 Å². The van der Waals surface area contributed by atoms with Gasteiger partial charge in [0.05, 0.1) is 11.9 Å². The summed E-state index contributed by atoms with van der Waals surface area (Å²) in [4.78, 5) is 39.8. The van der Waals surface area contributed by atoms with Gasteiger partial charge in [-0.1, -0.05) is 6.92 Å². The molecule has 1 atom stereocenters. The second kappa shape index (κ2) is 9.72. The number of piperidine rings is 1. The number of hydrogen-bond acceptors (Lipinski definition) is 5. The van der Waals surface area contributed by atoms with E-state index in [4.69, 9.17) is 9.78 Å². The van der Waals surface area contributed by atoms with E-state index in [1.165, 1.54) is 12.3 Å². The molecule has 1 saturated heterocycles. The molecule has 1 fully saturated rings. The Balaban J connectivity index is 1.58. The van der Waals surface area contributed by atoms with Crippen LogP contribution in [-0.4, -0.2) is 34.6 Å². The molecule has 3 amide bonds. The number of aromatic nitrogens is 1. The van der Waals surface area contributed by atoms with Crippen molar-refractivity contribution in [2.45, 2.75) is 38.6 Å². The molecule has 1 aliphatic rings. The van der Waals surface area contributed by atoms with E-state index in [1.54, 1.807) is 23.2 Å². The first-order valence-electron chi connectivity index (χ1n) is 9.49. The average Bonchev–Trinajstić information content (AvgIpc) is 2.72. The molecule has 1 aromatic carbocycles. The lowest BCUT2D eigenvalue weighted by atomic mass is 10.0. The van der Waals surface area contributed by atoms with Gasteiger partial charge >= 0.3 is 12.1 Å². The van der Waals surface area contributed by atoms with Crippen molar-refractivity contribution < 1.29 is 23.8 Å². The maximum absolute atomic E-state index is 13.9. The van der Waals surface area contributed by atoms with Crippen LogP contribution >= 0.6 is 0 Å². The Morgan fingerprint density at radius 3 is 2.83 bits per heavy atom. The summed E-state index contributed by atoms with van der Waals surface area (Å²) in [7, 11) is 0. The zero-order valence-electron chi connectivity index (χ0n) is 16.1. The van der Waals surface area contributed by atoms with Crippen LogP contribution in [0.15, 0.2) is 42.7 Å². The highest BCUT2D eigenvalue weighted by atomic mass is 19.1. The highest BCUT2D eigenvalue weighted by molar-refractivity contribution is 5.99. The summed E-state index contributed by atoms with van der Waals surface area (Å²) in [5, 5.41) is 5.06. The minimum absolute atomic E-state index is 0.0416. The van der Waals surface area contributed by atoms with E-state index < -0.39 is 17.9 Å². The molecular weight excluding hydrogens is 379 g/mol. The van der Waals surface area contributed by atoms with Gasteiger partial charge < -0.3 is 15.5 Å². The van der Waals surface area contributed by atoms with E-state index in [0.717, 1.165) is 37.8 Å². The van der Waals surface area contributed by atoms with E-state index in [0.29, 0.717) is 12.2 Å². The maximum atomic E-state index is 13.9. The topological polar surface area (TPSA) is 92.8 Å². The number of nitrogens with zero attached hydrogens (tertiary/aromatic N) is 2. The lowest BCUT2D eigenvalue weighted by molar-refractivity contribution is -0.158. The number of likely N-dealkylation sites (tertiary alicyclic amines) is 1. The third-order valence-corrected chi connectivity index (χ3v) is 4.59. The number of anilines is 2. The van der Waals surface area contributed by atoms with Gasteiger partial charge in [0.2, 0.25) is 0 Å². The van der Waals surface area contributed by atoms with Crippen molar-refractivity contribution in [2.24, 2.45) is 0 Å². The number of pyridine rings is 1. The second-order valence-electron chi connectivity index (χ2n) is 6.68. The first kappa shape index (κ1) is 20.4. The van der Waals surface area contributed by atoms with E-state index >= 15 is 0 Å². The highest BCUT2D eigenvalue weighted by Crippen LogP contribution is 2.23. The smallest absolute Gasteiger partial charge is 0.307 e. The zero-order valence-corrected chi connectivity index (χ0v) is 16.1. The quantitative estimate of drug-likeness (QED) is 0.565. The Morgan fingerprint density at radius 1 is 1.24 bits per heavy atom.